The summed E-state index contributed by atoms with van der Waals surface area (Å²) in [5.41, 5.74) is 1.56. The van der Waals surface area contributed by atoms with Gasteiger partial charge in [0.1, 0.15) is 25.5 Å². The van der Waals surface area contributed by atoms with E-state index in [1.165, 1.54) is 6.26 Å². The van der Waals surface area contributed by atoms with Gasteiger partial charge >= 0.3 is 5.97 Å². The Bertz CT molecular complexity index is 1040. The van der Waals surface area contributed by atoms with Gasteiger partial charge in [0, 0.05) is 11.1 Å². The highest BCUT2D eigenvalue weighted by molar-refractivity contribution is 6.22. The minimum Gasteiger partial charge on any atom is -0.501 e. The lowest BCUT2D eigenvalue weighted by Crippen LogP contribution is -2.36. The quantitative estimate of drug-likeness (QED) is 0.129. The molecule has 172 valence electrons. The summed E-state index contributed by atoms with van der Waals surface area (Å²) in [5.74, 6) is -1.37. The van der Waals surface area contributed by atoms with Crippen molar-refractivity contribution in [1.29, 1.82) is 0 Å². The zero-order valence-electron chi connectivity index (χ0n) is 18.5. The first kappa shape index (κ1) is 23.7. The Morgan fingerprint density at radius 2 is 1.55 bits per heavy atom. The lowest BCUT2D eigenvalue weighted by atomic mass is 10.1. The molecule has 2 aromatic rings. The number of ether oxygens (including phenoxy) is 3. The Morgan fingerprint density at radius 3 is 2.15 bits per heavy atom. The number of carbonyl (C=O) groups excluding carboxylic acids is 4. The fourth-order valence-electron chi connectivity index (χ4n) is 3.16. The normalized spacial score (nSPS) is 13.0. The molecule has 0 bridgehead atoms. The fraction of sp³-hybridized carbons (Fsp3) is 0.280. The van der Waals surface area contributed by atoms with E-state index in [9.17, 15) is 19.2 Å². The number of hydrogen-bond acceptors (Lipinski definition) is 7. The molecule has 0 saturated heterocycles. The second-order valence-corrected chi connectivity index (χ2v) is 7.34. The second-order valence-electron chi connectivity index (χ2n) is 7.34. The molecule has 2 amide bonds. The van der Waals surface area contributed by atoms with E-state index in [1.807, 2.05) is 6.92 Å². The van der Waals surface area contributed by atoms with Crippen molar-refractivity contribution in [3.05, 3.63) is 77.1 Å². The summed E-state index contributed by atoms with van der Waals surface area (Å²) < 4.78 is 15.9. The zero-order chi connectivity index (χ0) is 23.8. The van der Waals surface area contributed by atoms with Gasteiger partial charge in [0.25, 0.3) is 11.8 Å². The molecule has 0 atom stereocenters. The predicted molar refractivity (Wildman–Crippen MR) is 119 cm³/mol. The zero-order valence-corrected chi connectivity index (χ0v) is 18.5. The molecule has 8 heteroatoms. The van der Waals surface area contributed by atoms with Gasteiger partial charge in [-0.1, -0.05) is 19.1 Å². The number of carbonyl (C=O) groups is 4. The Kier molecular flexibility index (Phi) is 7.96. The highest BCUT2D eigenvalue weighted by atomic mass is 16.6. The van der Waals surface area contributed by atoms with Crippen molar-refractivity contribution in [3.63, 3.8) is 0 Å². The topological polar surface area (TPSA) is 99.2 Å². The highest BCUT2D eigenvalue weighted by Crippen LogP contribution is 2.22. The molecule has 0 aliphatic carbocycles. The lowest BCUT2D eigenvalue weighted by Gasteiger charge is -2.13. The van der Waals surface area contributed by atoms with Gasteiger partial charge in [0.15, 0.2) is 5.78 Å². The van der Waals surface area contributed by atoms with Gasteiger partial charge in [-0.15, -0.1) is 0 Å². The van der Waals surface area contributed by atoms with Crippen LogP contribution in [0.15, 0.2) is 60.4 Å². The first-order valence-electron chi connectivity index (χ1n) is 10.6. The molecule has 8 nitrogen and oxygen atoms in total. The van der Waals surface area contributed by atoms with Crippen LogP contribution in [0, 0.1) is 0 Å². The van der Waals surface area contributed by atoms with E-state index in [4.69, 9.17) is 14.2 Å². The van der Waals surface area contributed by atoms with E-state index in [0.29, 0.717) is 23.5 Å². The van der Waals surface area contributed by atoms with E-state index in [1.54, 1.807) is 55.5 Å². The molecule has 3 rings (SSSR count). The van der Waals surface area contributed by atoms with Gasteiger partial charge in [0.2, 0.25) is 0 Å². The maximum Gasteiger partial charge on any atom is 0.326 e. The molecular weight excluding hydrogens is 426 g/mol. The van der Waals surface area contributed by atoms with Gasteiger partial charge in [-0.2, -0.15) is 0 Å². The minimum atomic E-state index is -0.707. The van der Waals surface area contributed by atoms with Crippen molar-refractivity contribution in [3.8, 4) is 5.75 Å². The van der Waals surface area contributed by atoms with Crippen molar-refractivity contribution >= 4 is 23.6 Å². The molecule has 1 heterocycles. The van der Waals surface area contributed by atoms with Crippen LogP contribution in [0.3, 0.4) is 0 Å². The van der Waals surface area contributed by atoms with Crippen LogP contribution in [0.5, 0.6) is 5.75 Å². The lowest BCUT2D eigenvalue weighted by molar-refractivity contribution is -0.144. The molecule has 0 N–H and O–H groups in total. The summed E-state index contributed by atoms with van der Waals surface area (Å²) in [6, 6.07) is 13.0. The molecule has 0 radical (unpaired) electrons. The van der Waals surface area contributed by atoms with E-state index < -0.39 is 24.3 Å². The Balaban J connectivity index is 1.42. The second kappa shape index (κ2) is 11.1. The monoisotopic (exact) mass is 451 g/mol. The van der Waals surface area contributed by atoms with Crippen LogP contribution in [-0.4, -0.2) is 54.8 Å². The molecule has 1 aliphatic rings. The van der Waals surface area contributed by atoms with Crippen molar-refractivity contribution < 1.29 is 33.4 Å². The fourth-order valence-corrected chi connectivity index (χ4v) is 3.16. The smallest absolute Gasteiger partial charge is 0.326 e. The van der Waals surface area contributed by atoms with Crippen LogP contribution in [0.25, 0.3) is 0 Å². The van der Waals surface area contributed by atoms with Crippen molar-refractivity contribution in [2.75, 3.05) is 26.4 Å². The number of esters is 1. The summed E-state index contributed by atoms with van der Waals surface area (Å²) >= 11 is 0. The minimum absolute atomic E-state index is 0.0563. The molecule has 1 aliphatic heterocycles. The molecule has 0 saturated carbocycles. The maximum absolute atomic E-state index is 12.3. The number of nitrogens with zero attached hydrogens (tertiary/aromatic N) is 1. The first-order valence-corrected chi connectivity index (χ1v) is 10.6. The van der Waals surface area contributed by atoms with Gasteiger partial charge in [-0.3, -0.25) is 24.1 Å². The molecule has 0 fully saturated rings. The molecule has 0 unspecified atom stereocenters. The van der Waals surface area contributed by atoms with E-state index in [2.05, 4.69) is 0 Å². The first-order chi connectivity index (χ1) is 15.9. The van der Waals surface area contributed by atoms with E-state index in [0.717, 1.165) is 11.3 Å². The highest BCUT2D eigenvalue weighted by Gasteiger charge is 2.36. The molecule has 0 spiro atoms. The summed E-state index contributed by atoms with van der Waals surface area (Å²) in [5, 5.41) is 0. The third kappa shape index (κ3) is 5.85. The maximum atomic E-state index is 12.3. The standard InChI is InChI=1S/C25H25NO7/c1-3-12-31-16-17(2)23(28)18-8-10-19(11-9-18)32-13-14-33-22(27)15-26-24(29)20-6-4-5-7-21(20)25(26)30/h4-11,16H,3,12-15H2,1-2H3/b17-16+. The SMILES string of the molecule is CCCO/C=C(\C)C(=O)c1ccc(OCCOC(=O)CN2C(=O)c3ccccc3C2=O)cc1. The van der Waals surface area contributed by atoms with Crippen LogP contribution in [-0.2, 0) is 14.3 Å². The molecule has 33 heavy (non-hydrogen) atoms. The number of fused-ring (bicyclic) bond motifs is 1. The van der Waals surface area contributed by atoms with Crippen molar-refractivity contribution in [1.82, 2.24) is 4.90 Å². The number of imide groups is 1. The summed E-state index contributed by atoms with van der Waals surface area (Å²) in [7, 11) is 0. The van der Waals surface area contributed by atoms with Crippen LogP contribution in [0.2, 0.25) is 0 Å². The number of benzene rings is 2. The predicted octanol–water partition coefficient (Wildman–Crippen LogP) is 3.42. The number of ketones is 1. The number of hydrogen-bond donors (Lipinski definition) is 0. The van der Waals surface area contributed by atoms with Crippen molar-refractivity contribution in [2.24, 2.45) is 0 Å². The van der Waals surface area contributed by atoms with Crippen LogP contribution < -0.4 is 4.74 Å². The molecule has 2 aromatic carbocycles. The number of rotatable bonds is 11. The summed E-state index contributed by atoms with van der Waals surface area (Å²) in [6.07, 6.45) is 2.33. The van der Waals surface area contributed by atoms with Crippen LogP contribution in [0.4, 0.5) is 0 Å². The number of amides is 2. The number of allylic oxidation sites excluding steroid dienone is 1. The average molecular weight is 451 g/mol. The molecule has 0 aromatic heterocycles. The average Bonchev–Trinajstić information content (AvgIpc) is 3.07. The van der Waals surface area contributed by atoms with Crippen molar-refractivity contribution in [2.45, 2.75) is 20.3 Å². The largest absolute Gasteiger partial charge is 0.501 e. The van der Waals surface area contributed by atoms with Gasteiger partial charge < -0.3 is 14.2 Å². The summed E-state index contributed by atoms with van der Waals surface area (Å²) in [4.78, 5) is 49.8. The molecular formula is C25H25NO7. The Labute approximate surface area is 191 Å². The Hall–Kier alpha value is -3.94. The summed E-state index contributed by atoms with van der Waals surface area (Å²) in [6.45, 7) is 3.79. The van der Waals surface area contributed by atoms with Gasteiger partial charge in [0.05, 0.1) is 24.0 Å². The number of Topliss-reactive ketones (excluding diaryl/α,β-unsaturated/α-hetero) is 1. The van der Waals surface area contributed by atoms with Crippen LogP contribution in [0.1, 0.15) is 51.3 Å². The van der Waals surface area contributed by atoms with Gasteiger partial charge in [-0.05, 0) is 49.7 Å². The van der Waals surface area contributed by atoms with Gasteiger partial charge in [-0.25, -0.2) is 0 Å². The van der Waals surface area contributed by atoms with E-state index in [-0.39, 0.29) is 30.1 Å². The van der Waals surface area contributed by atoms with E-state index >= 15 is 0 Å². The third-order valence-electron chi connectivity index (χ3n) is 4.84. The Morgan fingerprint density at radius 1 is 0.909 bits per heavy atom. The van der Waals surface area contributed by atoms with Crippen LogP contribution >= 0.6 is 0 Å². The third-order valence-corrected chi connectivity index (χ3v) is 4.84.